The maximum Gasteiger partial charge on any atom is 0.301 e. The van der Waals surface area contributed by atoms with Crippen molar-refractivity contribution in [3.05, 3.63) is 113 Å². The molecule has 10 heteroatoms. The number of carbonyl (C=O) groups excluding carboxylic acids is 2. The Morgan fingerprint density at radius 2 is 1.87 bits per heavy atom. The first kappa shape index (κ1) is 30.0. The number of Topliss-reactive ketones (excluding diaryl/α,β-unsaturated/α-hetero) is 1. The van der Waals surface area contributed by atoms with Gasteiger partial charge < -0.3 is 14.6 Å². The van der Waals surface area contributed by atoms with Crippen molar-refractivity contribution < 1.29 is 24.2 Å². The molecule has 7 rings (SSSR count). The van der Waals surface area contributed by atoms with Crippen molar-refractivity contribution in [1.82, 2.24) is 10.2 Å². The molecule has 3 heterocycles. The monoisotopic (exact) mass is 649 g/mol. The van der Waals surface area contributed by atoms with Gasteiger partial charge in [-0.15, -0.1) is 10.2 Å². The number of aliphatic hydroxyl groups is 1. The van der Waals surface area contributed by atoms with Gasteiger partial charge in [-0.05, 0) is 71.1 Å². The zero-order chi connectivity index (χ0) is 31.8. The second-order valence-electron chi connectivity index (χ2n) is 11.3. The molecule has 5 aromatic rings. The van der Waals surface area contributed by atoms with Gasteiger partial charge in [0.05, 0.1) is 18.2 Å². The maximum atomic E-state index is 13.8. The molecule has 46 heavy (non-hydrogen) atoms. The Bertz CT molecular complexity index is 2000. The Balaban J connectivity index is 1.26. The summed E-state index contributed by atoms with van der Waals surface area (Å²) in [6, 6.07) is 26.1. The van der Waals surface area contributed by atoms with E-state index in [0.29, 0.717) is 40.0 Å². The van der Waals surface area contributed by atoms with Gasteiger partial charge in [0.1, 0.15) is 23.4 Å². The largest absolute Gasteiger partial charge is 0.507 e. The molecule has 2 aliphatic rings. The third-order valence-corrected chi connectivity index (χ3v) is 10.2. The van der Waals surface area contributed by atoms with Gasteiger partial charge in [-0.1, -0.05) is 84.6 Å². The number of amides is 1. The quantitative estimate of drug-likeness (QED) is 0.0570. The van der Waals surface area contributed by atoms with Crippen LogP contribution in [0, 0.1) is 0 Å². The molecule has 1 saturated heterocycles. The second kappa shape index (κ2) is 12.6. The van der Waals surface area contributed by atoms with Gasteiger partial charge in [-0.2, -0.15) is 0 Å². The highest BCUT2D eigenvalue weighted by Crippen LogP contribution is 2.45. The van der Waals surface area contributed by atoms with Crippen LogP contribution in [0.15, 0.2) is 94.8 Å². The number of anilines is 1. The standard InChI is InChI=1S/C36H31N3O5S2/c1-3-16-43-27-12-7-10-23(19-27)31-30(32(40)24-14-15-29-26(18-24)17-21(2)44-29)33(41)34(42)39(31)35-37-38-36(46-35)45-20-25-11-6-9-22-8-4-5-13-28(22)25/h4-15,18-19,21,31,40H,3,16-17,20H2,1-2H3/t21-,31+/m1/s1. The summed E-state index contributed by atoms with van der Waals surface area (Å²) >= 11 is 2.77. The number of aliphatic hydroxyl groups excluding tert-OH is 1. The van der Waals surface area contributed by atoms with E-state index in [1.54, 1.807) is 12.1 Å². The van der Waals surface area contributed by atoms with Crippen molar-refractivity contribution in [2.24, 2.45) is 0 Å². The molecule has 1 aromatic heterocycles. The van der Waals surface area contributed by atoms with E-state index in [4.69, 9.17) is 9.47 Å². The molecule has 2 atom stereocenters. The highest BCUT2D eigenvalue weighted by atomic mass is 32.2. The first-order chi connectivity index (χ1) is 22.4. The first-order valence-corrected chi connectivity index (χ1v) is 17.0. The van der Waals surface area contributed by atoms with Crippen molar-refractivity contribution in [3.8, 4) is 11.5 Å². The minimum Gasteiger partial charge on any atom is -0.507 e. The number of thioether (sulfide) groups is 1. The van der Waals surface area contributed by atoms with Crippen molar-refractivity contribution in [3.63, 3.8) is 0 Å². The van der Waals surface area contributed by atoms with Crippen molar-refractivity contribution in [1.29, 1.82) is 0 Å². The third-order valence-electron chi connectivity index (χ3n) is 8.09. The molecule has 0 spiro atoms. The van der Waals surface area contributed by atoms with E-state index in [-0.39, 0.29) is 22.6 Å². The summed E-state index contributed by atoms with van der Waals surface area (Å²) in [4.78, 5) is 28.9. The van der Waals surface area contributed by atoms with E-state index in [1.165, 1.54) is 38.9 Å². The van der Waals surface area contributed by atoms with Crippen LogP contribution in [-0.4, -0.2) is 39.7 Å². The molecule has 0 unspecified atom stereocenters. The lowest BCUT2D eigenvalue weighted by molar-refractivity contribution is -0.132. The van der Waals surface area contributed by atoms with E-state index in [2.05, 4.69) is 34.5 Å². The molecule has 1 fully saturated rings. The normalized spacial score (nSPS) is 18.6. The molecule has 0 radical (unpaired) electrons. The van der Waals surface area contributed by atoms with Gasteiger partial charge in [0.25, 0.3) is 5.78 Å². The number of fused-ring (bicyclic) bond motifs is 2. The maximum absolute atomic E-state index is 13.8. The number of nitrogens with zero attached hydrogens (tertiary/aromatic N) is 3. The Morgan fingerprint density at radius 1 is 1.04 bits per heavy atom. The number of hydrogen-bond donors (Lipinski definition) is 1. The third kappa shape index (κ3) is 5.63. The molecule has 0 aliphatic carbocycles. The number of ether oxygens (including phenoxy) is 2. The van der Waals surface area contributed by atoms with Crippen LogP contribution in [0.2, 0.25) is 0 Å². The lowest BCUT2D eigenvalue weighted by Gasteiger charge is -2.23. The predicted molar refractivity (Wildman–Crippen MR) is 181 cm³/mol. The zero-order valence-electron chi connectivity index (χ0n) is 25.3. The van der Waals surface area contributed by atoms with Crippen molar-refractivity contribution in [2.75, 3.05) is 11.5 Å². The van der Waals surface area contributed by atoms with Gasteiger partial charge in [0, 0.05) is 17.7 Å². The predicted octanol–water partition coefficient (Wildman–Crippen LogP) is 7.72. The van der Waals surface area contributed by atoms with Crippen LogP contribution >= 0.6 is 23.1 Å². The van der Waals surface area contributed by atoms with Crippen LogP contribution in [-0.2, 0) is 21.8 Å². The fraction of sp³-hybridized carbons (Fsp3) is 0.222. The number of ketones is 1. The molecule has 0 bridgehead atoms. The summed E-state index contributed by atoms with van der Waals surface area (Å²) in [5.74, 6) is 0.221. The van der Waals surface area contributed by atoms with Gasteiger partial charge in [0.15, 0.2) is 4.34 Å². The number of hydrogen-bond acceptors (Lipinski definition) is 9. The van der Waals surface area contributed by atoms with Gasteiger partial charge in [0.2, 0.25) is 5.13 Å². The van der Waals surface area contributed by atoms with E-state index >= 15 is 0 Å². The molecule has 1 N–H and O–H groups in total. The number of benzene rings is 4. The molecule has 8 nitrogen and oxygen atoms in total. The number of carbonyl (C=O) groups is 2. The highest BCUT2D eigenvalue weighted by molar-refractivity contribution is 8.00. The van der Waals surface area contributed by atoms with Crippen molar-refractivity contribution in [2.45, 2.75) is 48.9 Å². The smallest absolute Gasteiger partial charge is 0.301 e. The van der Waals surface area contributed by atoms with Crippen LogP contribution in [0.25, 0.3) is 16.5 Å². The van der Waals surface area contributed by atoms with E-state index in [1.807, 2.05) is 62.4 Å². The molecular formula is C36H31N3O5S2. The summed E-state index contributed by atoms with van der Waals surface area (Å²) in [6.07, 6.45) is 1.54. The summed E-state index contributed by atoms with van der Waals surface area (Å²) in [5, 5.41) is 23.1. The van der Waals surface area contributed by atoms with Crippen molar-refractivity contribution >= 4 is 56.5 Å². The Kier molecular flexibility index (Phi) is 8.23. The highest BCUT2D eigenvalue weighted by Gasteiger charge is 2.48. The fourth-order valence-corrected chi connectivity index (χ4v) is 7.85. The van der Waals surface area contributed by atoms with E-state index in [9.17, 15) is 14.7 Å². The van der Waals surface area contributed by atoms with Crippen LogP contribution in [0.1, 0.15) is 48.6 Å². The van der Waals surface area contributed by atoms with Crippen LogP contribution in [0.3, 0.4) is 0 Å². The van der Waals surface area contributed by atoms with Gasteiger partial charge >= 0.3 is 5.91 Å². The fourth-order valence-electron chi connectivity index (χ4n) is 5.98. The SMILES string of the molecule is CCCOc1cccc([C@H]2C(=C(O)c3ccc4c(c3)C[C@@H](C)O4)C(=O)C(=O)N2c2nnc(SCc3cccc4ccccc34)s2)c1. The van der Waals surface area contributed by atoms with E-state index < -0.39 is 17.7 Å². The average molecular weight is 650 g/mol. The molecule has 2 aliphatic heterocycles. The molecule has 1 amide bonds. The van der Waals surface area contributed by atoms with Crippen LogP contribution in [0.5, 0.6) is 11.5 Å². The van der Waals surface area contributed by atoms with E-state index in [0.717, 1.165) is 23.1 Å². The average Bonchev–Trinajstić information content (AvgIpc) is 3.77. The summed E-state index contributed by atoms with van der Waals surface area (Å²) in [7, 11) is 0. The second-order valence-corrected chi connectivity index (χ2v) is 13.5. The molecule has 4 aromatic carbocycles. The summed E-state index contributed by atoms with van der Waals surface area (Å²) < 4.78 is 12.4. The number of aromatic nitrogens is 2. The molecule has 0 saturated carbocycles. The Labute approximate surface area is 274 Å². The van der Waals surface area contributed by atoms with Gasteiger partial charge in [-0.25, -0.2) is 0 Å². The minimum atomic E-state index is -0.933. The lowest BCUT2D eigenvalue weighted by Crippen LogP contribution is -2.29. The Morgan fingerprint density at radius 3 is 2.74 bits per heavy atom. The zero-order valence-corrected chi connectivity index (χ0v) is 26.9. The molecular weight excluding hydrogens is 619 g/mol. The van der Waals surface area contributed by atoms with Crippen LogP contribution < -0.4 is 14.4 Å². The lowest BCUT2D eigenvalue weighted by atomic mass is 9.94. The summed E-state index contributed by atoms with van der Waals surface area (Å²) in [5.41, 5.74) is 3.16. The minimum absolute atomic E-state index is 0.00952. The molecule has 232 valence electrons. The topological polar surface area (TPSA) is 102 Å². The number of rotatable bonds is 9. The van der Waals surface area contributed by atoms with Crippen LogP contribution in [0.4, 0.5) is 5.13 Å². The summed E-state index contributed by atoms with van der Waals surface area (Å²) in [6.45, 7) is 4.52. The first-order valence-electron chi connectivity index (χ1n) is 15.2. The Hall–Kier alpha value is -4.67. The van der Waals surface area contributed by atoms with Gasteiger partial charge in [-0.3, -0.25) is 14.5 Å².